The predicted molar refractivity (Wildman–Crippen MR) is 88.3 cm³/mol. The molecule has 0 radical (unpaired) electrons. The number of hydrogen-bond acceptors (Lipinski definition) is 2. The van der Waals surface area contributed by atoms with Gasteiger partial charge in [-0.05, 0) is 43.7 Å². The van der Waals surface area contributed by atoms with Crippen LogP contribution in [0.3, 0.4) is 0 Å². The van der Waals surface area contributed by atoms with E-state index in [1.54, 1.807) is 12.1 Å². The molecular formula is C19H28F2O2. The smallest absolute Gasteiger partial charge is 0.168 e. The third-order valence-electron chi connectivity index (χ3n) is 4.85. The van der Waals surface area contributed by atoms with Crippen LogP contribution in [0.5, 0.6) is 11.5 Å². The molecule has 1 unspecified atom stereocenters. The van der Waals surface area contributed by atoms with Crippen LogP contribution < -0.4 is 9.47 Å². The minimum Gasteiger partial charge on any atom is -0.494 e. The Hall–Kier alpha value is -1.32. The third kappa shape index (κ3) is 5.36. The normalized spacial score (nSPS) is 22.6. The molecule has 1 fully saturated rings. The molecule has 23 heavy (non-hydrogen) atoms. The van der Waals surface area contributed by atoms with Gasteiger partial charge in [-0.15, -0.1) is 0 Å². The van der Waals surface area contributed by atoms with Crippen molar-refractivity contribution >= 4 is 0 Å². The van der Waals surface area contributed by atoms with Crippen molar-refractivity contribution in [3.63, 3.8) is 0 Å². The van der Waals surface area contributed by atoms with E-state index in [-0.39, 0.29) is 18.3 Å². The molecule has 0 N–H and O–H groups in total. The molecular weight excluding hydrogens is 298 g/mol. The van der Waals surface area contributed by atoms with Crippen molar-refractivity contribution in [3.8, 4) is 11.5 Å². The van der Waals surface area contributed by atoms with E-state index in [0.29, 0.717) is 18.8 Å². The molecule has 1 aliphatic carbocycles. The molecule has 4 heteroatoms. The van der Waals surface area contributed by atoms with Crippen LogP contribution in [0.2, 0.25) is 0 Å². The molecule has 2 nitrogen and oxygen atoms in total. The summed E-state index contributed by atoms with van der Waals surface area (Å²) in [5.74, 6) is 1.10. The zero-order chi connectivity index (χ0) is 16.7. The lowest BCUT2D eigenvalue weighted by Crippen LogP contribution is -2.24. The Morgan fingerprint density at radius 1 is 1.13 bits per heavy atom. The summed E-state index contributed by atoms with van der Waals surface area (Å²) in [6.07, 6.45) is 4.89. The largest absolute Gasteiger partial charge is 0.494 e. The van der Waals surface area contributed by atoms with Crippen LogP contribution in [0.4, 0.5) is 8.78 Å². The molecule has 1 aromatic rings. The Kier molecular flexibility index (Phi) is 7.13. The fourth-order valence-electron chi connectivity index (χ4n) is 3.33. The Morgan fingerprint density at radius 2 is 1.87 bits per heavy atom. The maximum absolute atomic E-state index is 14.3. The average Bonchev–Trinajstić information content (AvgIpc) is 2.57. The van der Waals surface area contributed by atoms with Crippen molar-refractivity contribution in [2.75, 3.05) is 13.2 Å². The van der Waals surface area contributed by atoms with Crippen LogP contribution in [-0.2, 0) is 0 Å². The standard InChI is InChI=1S/C19H28F2O2/c1-3-14-5-7-15(8-6-14)17(20)11-12-23-19-10-9-16(22-4-2)13-18(19)21/h9-10,13-15,17H,3-8,11-12H2,1-2H3. The monoisotopic (exact) mass is 326 g/mol. The molecule has 0 aromatic heterocycles. The fourth-order valence-corrected chi connectivity index (χ4v) is 3.33. The van der Waals surface area contributed by atoms with Gasteiger partial charge in [0.25, 0.3) is 0 Å². The van der Waals surface area contributed by atoms with Crippen LogP contribution in [0.25, 0.3) is 0 Å². The lowest BCUT2D eigenvalue weighted by molar-refractivity contribution is 0.127. The van der Waals surface area contributed by atoms with Gasteiger partial charge in [0.15, 0.2) is 11.6 Å². The first-order valence-electron chi connectivity index (χ1n) is 8.83. The molecule has 0 heterocycles. The van der Waals surface area contributed by atoms with Gasteiger partial charge in [-0.3, -0.25) is 0 Å². The summed E-state index contributed by atoms with van der Waals surface area (Å²) in [5, 5.41) is 0. The summed E-state index contributed by atoms with van der Waals surface area (Å²) in [5.41, 5.74) is 0. The molecule has 130 valence electrons. The van der Waals surface area contributed by atoms with E-state index in [1.807, 2.05) is 6.92 Å². The van der Waals surface area contributed by atoms with Crippen LogP contribution in [0.1, 0.15) is 52.4 Å². The van der Waals surface area contributed by atoms with Gasteiger partial charge in [-0.1, -0.05) is 26.2 Å². The first kappa shape index (κ1) is 18.0. The number of benzene rings is 1. The quantitative estimate of drug-likeness (QED) is 0.624. The zero-order valence-electron chi connectivity index (χ0n) is 14.2. The van der Waals surface area contributed by atoms with Gasteiger partial charge in [0.1, 0.15) is 11.9 Å². The first-order valence-corrected chi connectivity index (χ1v) is 8.83. The number of ether oxygens (including phenoxy) is 2. The predicted octanol–water partition coefficient (Wildman–Crippen LogP) is 5.55. The summed E-state index contributed by atoms with van der Waals surface area (Å²) in [7, 11) is 0. The van der Waals surface area contributed by atoms with Gasteiger partial charge in [0.2, 0.25) is 0 Å². The number of alkyl halides is 1. The Balaban J connectivity index is 1.74. The second kappa shape index (κ2) is 9.09. The van der Waals surface area contributed by atoms with E-state index in [9.17, 15) is 8.78 Å². The molecule has 0 aliphatic heterocycles. The topological polar surface area (TPSA) is 18.5 Å². The molecule has 0 bridgehead atoms. The molecule has 1 saturated carbocycles. The molecule has 1 atom stereocenters. The van der Waals surface area contributed by atoms with Crippen molar-refractivity contribution in [3.05, 3.63) is 24.0 Å². The van der Waals surface area contributed by atoms with Crippen LogP contribution in [0, 0.1) is 17.7 Å². The summed E-state index contributed by atoms with van der Waals surface area (Å²) < 4.78 is 38.8. The SMILES string of the molecule is CCOc1ccc(OCCC(F)C2CCC(CC)CC2)c(F)c1. The molecule has 2 rings (SSSR count). The lowest BCUT2D eigenvalue weighted by atomic mass is 9.78. The third-order valence-corrected chi connectivity index (χ3v) is 4.85. The second-order valence-electron chi connectivity index (χ2n) is 6.37. The van der Waals surface area contributed by atoms with Gasteiger partial charge in [0, 0.05) is 12.5 Å². The van der Waals surface area contributed by atoms with Crippen molar-refractivity contribution in [2.24, 2.45) is 11.8 Å². The summed E-state index contributed by atoms with van der Waals surface area (Å²) in [6, 6.07) is 4.51. The Morgan fingerprint density at radius 3 is 2.48 bits per heavy atom. The highest BCUT2D eigenvalue weighted by molar-refractivity contribution is 5.33. The Bertz CT molecular complexity index is 470. The fraction of sp³-hybridized carbons (Fsp3) is 0.684. The number of hydrogen-bond donors (Lipinski definition) is 0. The lowest BCUT2D eigenvalue weighted by Gasteiger charge is -2.29. The Labute approximate surface area is 138 Å². The van der Waals surface area contributed by atoms with E-state index in [2.05, 4.69) is 6.92 Å². The minimum atomic E-state index is -0.849. The molecule has 1 aliphatic rings. The van der Waals surface area contributed by atoms with Crippen LogP contribution in [-0.4, -0.2) is 19.4 Å². The summed E-state index contributed by atoms with van der Waals surface area (Å²) in [4.78, 5) is 0. The average molecular weight is 326 g/mol. The van der Waals surface area contributed by atoms with Gasteiger partial charge in [-0.25, -0.2) is 8.78 Å². The van der Waals surface area contributed by atoms with Crippen molar-refractivity contribution < 1.29 is 18.3 Å². The summed E-state index contributed by atoms with van der Waals surface area (Å²) in [6.45, 7) is 4.75. The van der Waals surface area contributed by atoms with E-state index < -0.39 is 12.0 Å². The number of rotatable bonds is 8. The highest BCUT2D eigenvalue weighted by Gasteiger charge is 2.26. The van der Waals surface area contributed by atoms with Crippen LogP contribution >= 0.6 is 0 Å². The zero-order valence-corrected chi connectivity index (χ0v) is 14.2. The van der Waals surface area contributed by atoms with Crippen molar-refractivity contribution in [2.45, 2.75) is 58.5 Å². The maximum Gasteiger partial charge on any atom is 0.168 e. The van der Waals surface area contributed by atoms with E-state index in [4.69, 9.17) is 9.47 Å². The maximum atomic E-state index is 14.3. The van der Waals surface area contributed by atoms with Gasteiger partial charge in [0.05, 0.1) is 13.2 Å². The second-order valence-corrected chi connectivity index (χ2v) is 6.37. The molecule has 0 spiro atoms. The van der Waals surface area contributed by atoms with Gasteiger partial charge >= 0.3 is 0 Å². The highest BCUT2D eigenvalue weighted by Crippen LogP contribution is 2.34. The van der Waals surface area contributed by atoms with E-state index >= 15 is 0 Å². The minimum absolute atomic E-state index is 0.145. The van der Waals surface area contributed by atoms with E-state index in [0.717, 1.165) is 31.6 Å². The molecule has 0 amide bonds. The van der Waals surface area contributed by atoms with Crippen molar-refractivity contribution in [1.82, 2.24) is 0 Å². The first-order chi connectivity index (χ1) is 11.1. The van der Waals surface area contributed by atoms with E-state index in [1.165, 1.54) is 12.5 Å². The highest BCUT2D eigenvalue weighted by atomic mass is 19.1. The summed E-state index contributed by atoms with van der Waals surface area (Å²) >= 11 is 0. The van der Waals surface area contributed by atoms with Gasteiger partial charge in [-0.2, -0.15) is 0 Å². The molecule has 0 saturated heterocycles. The number of halogens is 2. The van der Waals surface area contributed by atoms with Crippen LogP contribution in [0.15, 0.2) is 18.2 Å². The van der Waals surface area contributed by atoms with Gasteiger partial charge < -0.3 is 9.47 Å². The van der Waals surface area contributed by atoms with Crippen molar-refractivity contribution in [1.29, 1.82) is 0 Å². The molecule has 1 aromatic carbocycles.